The van der Waals surface area contributed by atoms with Gasteiger partial charge in [0.2, 0.25) is 28.6 Å². The van der Waals surface area contributed by atoms with Crippen LogP contribution < -0.4 is 19.1 Å². The average Bonchev–Trinajstić information content (AvgIpc) is 3.41. The Balaban J connectivity index is 1.71. The van der Waals surface area contributed by atoms with Crippen LogP contribution in [0.2, 0.25) is 0 Å². The number of carbonyl (C=O) groups is 2. The van der Waals surface area contributed by atoms with Gasteiger partial charge in [0, 0.05) is 25.6 Å². The van der Waals surface area contributed by atoms with E-state index in [1.54, 1.807) is 6.07 Å². The highest BCUT2D eigenvalue weighted by Gasteiger charge is 2.33. The van der Waals surface area contributed by atoms with Gasteiger partial charge in [0.15, 0.2) is 11.5 Å². The lowest BCUT2D eigenvalue weighted by atomic mass is 10.0. The van der Waals surface area contributed by atoms with Gasteiger partial charge in [-0.15, -0.1) is 0 Å². The Morgan fingerprint density at radius 3 is 2.35 bits per heavy atom. The van der Waals surface area contributed by atoms with Gasteiger partial charge >= 0.3 is 0 Å². The van der Waals surface area contributed by atoms with E-state index < -0.39 is 34.3 Å². The lowest BCUT2D eigenvalue weighted by molar-refractivity contribution is -0.140. The molecule has 40 heavy (non-hydrogen) atoms. The van der Waals surface area contributed by atoms with Crippen molar-refractivity contribution in [2.75, 3.05) is 30.4 Å². The van der Waals surface area contributed by atoms with Crippen LogP contribution in [0, 0.1) is 5.82 Å². The van der Waals surface area contributed by atoms with Gasteiger partial charge in [-0.1, -0.05) is 49.4 Å². The molecular weight excluding hydrogens is 537 g/mol. The minimum Gasteiger partial charge on any atom is -0.454 e. The summed E-state index contributed by atoms with van der Waals surface area (Å²) < 4.78 is 51.1. The van der Waals surface area contributed by atoms with Crippen molar-refractivity contribution in [2.45, 2.75) is 32.4 Å². The normalized spacial score (nSPS) is 13.0. The van der Waals surface area contributed by atoms with Gasteiger partial charge < -0.3 is 19.7 Å². The predicted molar refractivity (Wildman–Crippen MR) is 149 cm³/mol. The van der Waals surface area contributed by atoms with Crippen LogP contribution >= 0.6 is 0 Å². The van der Waals surface area contributed by atoms with Crippen LogP contribution in [0.25, 0.3) is 0 Å². The molecule has 4 rings (SSSR count). The summed E-state index contributed by atoms with van der Waals surface area (Å²) in [6.45, 7) is 1.75. The molecule has 9 nitrogen and oxygen atoms in total. The van der Waals surface area contributed by atoms with Crippen molar-refractivity contribution in [3.63, 3.8) is 0 Å². The minimum absolute atomic E-state index is 0.01000. The Labute approximate surface area is 233 Å². The zero-order chi connectivity index (χ0) is 28.7. The number of fused-ring (bicyclic) bond motifs is 1. The number of benzene rings is 3. The number of nitrogens with zero attached hydrogens (tertiary/aromatic N) is 2. The molecule has 0 spiro atoms. The molecule has 1 N–H and O–H groups in total. The highest BCUT2D eigenvalue weighted by Crippen LogP contribution is 2.36. The molecule has 0 saturated carbocycles. The number of sulfonamides is 1. The van der Waals surface area contributed by atoms with Crippen molar-refractivity contribution in [1.82, 2.24) is 10.2 Å². The Morgan fingerprint density at radius 2 is 1.68 bits per heavy atom. The van der Waals surface area contributed by atoms with Crippen LogP contribution in [0.5, 0.6) is 11.5 Å². The van der Waals surface area contributed by atoms with Gasteiger partial charge in [0.25, 0.3) is 0 Å². The molecule has 3 aromatic rings. The number of nitrogens with one attached hydrogen (secondary N) is 1. The first-order valence-electron chi connectivity index (χ1n) is 12.9. The first-order chi connectivity index (χ1) is 19.2. The summed E-state index contributed by atoms with van der Waals surface area (Å²) in [6, 6.07) is 18.5. The second-order valence-corrected chi connectivity index (χ2v) is 11.4. The fraction of sp³-hybridized carbons (Fsp3) is 0.310. The van der Waals surface area contributed by atoms with Crippen LogP contribution in [0.15, 0.2) is 72.8 Å². The molecule has 212 valence electrons. The first kappa shape index (κ1) is 28.9. The van der Waals surface area contributed by atoms with E-state index in [0.717, 1.165) is 16.1 Å². The molecule has 0 radical (unpaired) electrons. The Hall–Kier alpha value is -4.12. The third kappa shape index (κ3) is 7.29. The fourth-order valence-electron chi connectivity index (χ4n) is 4.36. The molecule has 1 atom stereocenters. The van der Waals surface area contributed by atoms with E-state index in [1.165, 1.54) is 41.3 Å². The van der Waals surface area contributed by atoms with Gasteiger partial charge in [-0.05, 0) is 41.8 Å². The molecule has 1 aliphatic rings. The largest absolute Gasteiger partial charge is 0.454 e. The maximum absolute atomic E-state index is 14.0. The van der Waals surface area contributed by atoms with Gasteiger partial charge in [-0.3, -0.25) is 13.9 Å². The second-order valence-electron chi connectivity index (χ2n) is 9.45. The monoisotopic (exact) mass is 569 g/mol. The van der Waals surface area contributed by atoms with Crippen LogP contribution in [-0.2, 0) is 32.6 Å². The van der Waals surface area contributed by atoms with Crippen LogP contribution in [0.4, 0.5) is 10.1 Å². The molecule has 3 aromatic carbocycles. The van der Waals surface area contributed by atoms with E-state index >= 15 is 0 Å². The topological polar surface area (TPSA) is 105 Å². The summed E-state index contributed by atoms with van der Waals surface area (Å²) >= 11 is 0. The van der Waals surface area contributed by atoms with Gasteiger partial charge in [0.1, 0.15) is 18.4 Å². The molecule has 0 saturated heterocycles. The third-order valence-electron chi connectivity index (χ3n) is 6.41. The Bertz CT molecular complexity index is 1430. The second kappa shape index (κ2) is 12.8. The number of ether oxygens (including phenoxy) is 2. The number of carbonyl (C=O) groups excluding carboxylic acids is 2. The minimum atomic E-state index is -3.92. The molecule has 0 aliphatic carbocycles. The van der Waals surface area contributed by atoms with Crippen LogP contribution in [0.1, 0.15) is 24.5 Å². The molecule has 1 aliphatic heterocycles. The fourth-order valence-corrected chi connectivity index (χ4v) is 5.20. The number of rotatable bonds is 12. The number of halogens is 1. The highest BCUT2D eigenvalue weighted by molar-refractivity contribution is 7.92. The van der Waals surface area contributed by atoms with Gasteiger partial charge in [-0.25, -0.2) is 12.8 Å². The average molecular weight is 570 g/mol. The van der Waals surface area contributed by atoms with Crippen molar-refractivity contribution < 1.29 is 31.9 Å². The van der Waals surface area contributed by atoms with E-state index in [4.69, 9.17) is 9.47 Å². The maximum Gasteiger partial charge on any atom is 0.244 e. The quantitative estimate of drug-likeness (QED) is 0.358. The Morgan fingerprint density at radius 1 is 0.975 bits per heavy atom. The molecule has 0 aromatic heterocycles. The maximum atomic E-state index is 14.0. The van der Waals surface area contributed by atoms with Crippen molar-refractivity contribution in [3.05, 3.63) is 89.7 Å². The summed E-state index contributed by atoms with van der Waals surface area (Å²) in [5, 5.41) is 2.87. The zero-order valence-corrected chi connectivity index (χ0v) is 23.2. The molecule has 0 fully saturated rings. The SMILES string of the molecule is CCCNC(=O)[C@H](Cc1ccccc1)N(Cc1ccc(F)cc1)C(=O)CN(c1ccc2c(c1)OCO2)S(C)(=O)=O. The predicted octanol–water partition coefficient (Wildman–Crippen LogP) is 3.49. The van der Waals surface area contributed by atoms with E-state index in [-0.39, 0.29) is 31.4 Å². The Kier molecular flexibility index (Phi) is 9.26. The number of hydrogen-bond acceptors (Lipinski definition) is 6. The number of hydrogen-bond donors (Lipinski definition) is 1. The van der Waals surface area contributed by atoms with Crippen molar-refractivity contribution in [1.29, 1.82) is 0 Å². The number of anilines is 1. The smallest absolute Gasteiger partial charge is 0.244 e. The molecule has 1 heterocycles. The summed E-state index contributed by atoms with van der Waals surface area (Å²) in [4.78, 5) is 28.8. The molecule has 0 unspecified atom stereocenters. The van der Waals surface area contributed by atoms with E-state index in [9.17, 15) is 22.4 Å². The van der Waals surface area contributed by atoms with Crippen molar-refractivity contribution in [2.24, 2.45) is 0 Å². The molecule has 2 amide bonds. The summed E-state index contributed by atoms with van der Waals surface area (Å²) in [5.74, 6) is -0.566. The zero-order valence-electron chi connectivity index (χ0n) is 22.4. The first-order valence-corrected chi connectivity index (χ1v) is 14.7. The number of amides is 2. The molecule has 0 bridgehead atoms. The van der Waals surface area contributed by atoms with Crippen molar-refractivity contribution in [3.8, 4) is 11.5 Å². The van der Waals surface area contributed by atoms with E-state index in [0.29, 0.717) is 30.0 Å². The van der Waals surface area contributed by atoms with Gasteiger partial charge in [-0.2, -0.15) is 0 Å². The van der Waals surface area contributed by atoms with Crippen LogP contribution in [-0.4, -0.2) is 57.3 Å². The van der Waals surface area contributed by atoms with Crippen LogP contribution in [0.3, 0.4) is 0 Å². The van der Waals surface area contributed by atoms with E-state index in [2.05, 4.69) is 5.32 Å². The lowest BCUT2D eigenvalue weighted by Crippen LogP contribution is -2.53. The summed E-state index contributed by atoms with van der Waals surface area (Å²) in [5.41, 5.74) is 1.63. The van der Waals surface area contributed by atoms with Crippen molar-refractivity contribution >= 4 is 27.5 Å². The molecule has 11 heteroatoms. The van der Waals surface area contributed by atoms with E-state index in [1.807, 2.05) is 37.3 Å². The summed E-state index contributed by atoms with van der Waals surface area (Å²) in [7, 11) is -3.92. The van der Waals surface area contributed by atoms with Gasteiger partial charge in [0.05, 0.1) is 11.9 Å². The standard InChI is InChI=1S/C29H32FN3O6S/c1-3-15-31-29(35)25(16-21-7-5-4-6-8-21)32(18-22-9-11-23(30)12-10-22)28(34)19-33(40(2,36)37)24-13-14-26-27(17-24)39-20-38-26/h4-14,17,25H,3,15-16,18-20H2,1-2H3,(H,31,35)/t25-/m0/s1. The highest BCUT2D eigenvalue weighted by atomic mass is 32.2. The third-order valence-corrected chi connectivity index (χ3v) is 7.55. The summed E-state index contributed by atoms with van der Waals surface area (Å²) in [6.07, 6.45) is 1.90. The molecular formula is C29H32FN3O6S. The lowest BCUT2D eigenvalue weighted by Gasteiger charge is -2.33.